The third kappa shape index (κ3) is 7.74. The van der Waals surface area contributed by atoms with Gasteiger partial charge < -0.3 is 40.0 Å². The Labute approximate surface area is 370 Å². The van der Waals surface area contributed by atoms with E-state index in [0.29, 0.717) is 52.1 Å². The molecule has 1 amide bonds. The van der Waals surface area contributed by atoms with E-state index in [-0.39, 0.29) is 30.4 Å². The van der Waals surface area contributed by atoms with Crippen molar-refractivity contribution in [2.24, 2.45) is 21.8 Å². The number of ether oxygens (including phenoxy) is 3. The zero-order valence-electron chi connectivity index (χ0n) is 34.7. The molecule has 2 atom stereocenters. The number of amides is 1. The van der Waals surface area contributed by atoms with E-state index in [1.165, 1.54) is 16.0 Å². The number of fused-ring (bicyclic) bond motifs is 8. The Morgan fingerprint density at radius 1 is 0.778 bits per heavy atom. The van der Waals surface area contributed by atoms with Crippen LogP contribution in [-0.2, 0) is 53.1 Å². The second-order valence-electron chi connectivity index (χ2n) is 16.2. The van der Waals surface area contributed by atoms with Crippen molar-refractivity contribution in [1.82, 2.24) is 24.8 Å². The maximum absolute atomic E-state index is 13.3. The number of hydrogen-bond acceptors (Lipinski definition) is 16. The van der Waals surface area contributed by atoms with Crippen molar-refractivity contribution in [2.45, 2.75) is 57.7 Å². The highest BCUT2D eigenvalue weighted by atomic mass is 32.1. The molecule has 0 bridgehead atoms. The number of nitrogens with zero attached hydrogens (tertiary/aromatic N) is 7. The summed E-state index contributed by atoms with van der Waals surface area (Å²) in [6.07, 6.45) is 11.0. The van der Waals surface area contributed by atoms with E-state index in [1.54, 1.807) is 49.5 Å². The molecule has 4 N–H and O–H groups in total. The highest BCUT2D eigenvalue weighted by Gasteiger charge is 2.36. The van der Waals surface area contributed by atoms with E-state index in [0.717, 1.165) is 101 Å². The van der Waals surface area contributed by atoms with Gasteiger partial charge in [0.2, 0.25) is 5.91 Å². The zero-order chi connectivity index (χ0) is 43.2. The fourth-order valence-electron chi connectivity index (χ4n) is 9.11. The summed E-state index contributed by atoms with van der Waals surface area (Å²) in [5.41, 5.74) is 8.50. The number of aryl methyl sites for hydroxylation is 2. The lowest BCUT2D eigenvalue weighted by Crippen LogP contribution is -2.54. The molecular weight excluding hydrogens is 843 g/mol. The lowest BCUT2D eigenvalue weighted by molar-refractivity contribution is -0.150. The van der Waals surface area contributed by atoms with Crippen LogP contribution < -0.4 is 20.1 Å². The van der Waals surface area contributed by atoms with Crippen molar-refractivity contribution in [1.29, 1.82) is 0 Å². The number of thiophene rings is 2. The smallest absolute Gasteiger partial charge is 0.306 e. The van der Waals surface area contributed by atoms with E-state index >= 15 is 0 Å². The third-order valence-corrected chi connectivity index (χ3v) is 14.8. The molecule has 324 valence electrons. The number of nitrogens with one attached hydrogen (secondary N) is 2. The number of aliphatic hydroxyl groups is 1. The van der Waals surface area contributed by atoms with Crippen LogP contribution in [0.15, 0.2) is 46.9 Å². The summed E-state index contributed by atoms with van der Waals surface area (Å²) in [7, 11) is 3.31. The Morgan fingerprint density at radius 2 is 1.30 bits per heavy atom. The van der Waals surface area contributed by atoms with E-state index < -0.39 is 5.97 Å². The lowest BCUT2D eigenvalue weighted by atomic mass is 9.86. The molecule has 2 aromatic carbocycles. The summed E-state index contributed by atoms with van der Waals surface area (Å²) in [5, 5.41) is 27.8. The van der Waals surface area contributed by atoms with Gasteiger partial charge in [-0.25, -0.2) is 19.9 Å². The van der Waals surface area contributed by atoms with Crippen LogP contribution >= 0.6 is 22.7 Å². The number of aliphatic carboxylic acids is 1. The molecule has 1 saturated heterocycles. The molecule has 63 heavy (non-hydrogen) atoms. The number of methoxy groups -OCH3 is 2. The van der Waals surface area contributed by atoms with E-state index in [1.807, 2.05) is 41.6 Å². The van der Waals surface area contributed by atoms with Crippen LogP contribution in [0.25, 0.3) is 20.4 Å². The van der Waals surface area contributed by atoms with Gasteiger partial charge in [0.15, 0.2) is 0 Å². The van der Waals surface area contributed by atoms with Crippen molar-refractivity contribution in [3.8, 4) is 11.5 Å². The number of aliphatic imine (C=N–C) groups is 2. The number of carbonyl (C=O) groups is 2. The molecule has 6 aromatic rings. The first-order valence-electron chi connectivity index (χ1n) is 21.0. The van der Waals surface area contributed by atoms with E-state index in [4.69, 9.17) is 14.2 Å². The Balaban J connectivity index is 0.000000153. The first kappa shape index (κ1) is 41.0. The molecule has 0 unspecified atom stereocenters. The number of carbonyl (C=O) groups excluding carboxylic acids is 1. The molecule has 0 radical (unpaired) electrons. The van der Waals surface area contributed by atoms with E-state index in [2.05, 4.69) is 40.6 Å². The van der Waals surface area contributed by atoms with E-state index in [9.17, 15) is 19.8 Å². The predicted molar refractivity (Wildman–Crippen MR) is 242 cm³/mol. The number of aliphatic hydroxyl groups excluding tert-OH is 1. The van der Waals surface area contributed by atoms with Gasteiger partial charge in [-0.1, -0.05) is 0 Å². The molecule has 7 heterocycles. The zero-order valence-corrected chi connectivity index (χ0v) is 36.4. The first-order chi connectivity index (χ1) is 30.8. The van der Waals surface area contributed by atoms with Crippen molar-refractivity contribution in [3.63, 3.8) is 0 Å². The maximum atomic E-state index is 13.3. The standard InChI is InChI=1S/C25H27N5O4S.C20H18N4O3S/c1-33-20-7-16-10-26-9-15(16)6-19(20)29-23-22-18-3-2-14(8-21(18)35-24(22)28-13-27-23)25(32)30(4-5-31)17-11-34-12-17;1-27-15-5-12-8-21-7-11(12)4-14(15)24-18-17-13-3-2-10(20(25)26)6-16(13)28-19(17)23-9-22-18/h6-7,9,13-14,17,31H,2-5,8,10-12H2,1H3,(H,27,28,29);4-5,7,9-10H,2-3,6,8H2,1H3,(H,25,26)(H,22,23,24)/t14-;10-/m00/s1. The van der Waals surface area contributed by atoms with Gasteiger partial charge in [0, 0.05) is 34.6 Å². The Morgan fingerprint density at radius 3 is 1.78 bits per heavy atom. The molecule has 3 aliphatic heterocycles. The van der Waals surface area contributed by atoms with Crippen LogP contribution in [0.4, 0.5) is 23.0 Å². The summed E-state index contributed by atoms with van der Waals surface area (Å²) >= 11 is 3.21. The van der Waals surface area contributed by atoms with Gasteiger partial charge in [-0.2, -0.15) is 0 Å². The van der Waals surface area contributed by atoms with Crippen molar-refractivity contribution < 1.29 is 34.0 Å². The van der Waals surface area contributed by atoms with Crippen LogP contribution in [0.5, 0.6) is 11.5 Å². The van der Waals surface area contributed by atoms with Crippen LogP contribution in [-0.4, -0.2) is 106 Å². The summed E-state index contributed by atoms with van der Waals surface area (Å²) < 4.78 is 16.5. The van der Waals surface area contributed by atoms with Crippen LogP contribution in [0, 0.1) is 11.8 Å². The Kier molecular flexibility index (Phi) is 11.2. The average Bonchev–Trinajstić information content (AvgIpc) is 4.09. The van der Waals surface area contributed by atoms with Gasteiger partial charge in [0.25, 0.3) is 0 Å². The largest absolute Gasteiger partial charge is 0.495 e. The highest BCUT2D eigenvalue weighted by molar-refractivity contribution is 7.19. The average molecular weight is 888 g/mol. The number of carboxylic acids is 1. The summed E-state index contributed by atoms with van der Waals surface area (Å²) in [4.78, 5) is 57.3. The normalized spacial score (nSPS) is 18.1. The summed E-state index contributed by atoms with van der Waals surface area (Å²) in [5.74, 6) is 1.94. The van der Waals surface area contributed by atoms with Gasteiger partial charge in [0.05, 0.1) is 81.2 Å². The number of carboxylic acid groups (broad SMARTS) is 1. The van der Waals surface area contributed by atoms with Gasteiger partial charge in [-0.3, -0.25) is 19.6 Å². The van der Waals surface area contributed by atoms with Crippen molar-refractivity contribution >= 4 is 90.4 Å². The second kappa shape index (κ2) is 17.2. The van der Waals surface area contributed by atoms with Gasteiger partial charge in [0.1, 0.15) is 45.5 Å². The van der Waals surface area contributed by atoms with Crippen LogP contribution in [0.3, 0.4) is 0 Å². The molecule has 16 nitrogen and oxygen atoms in total. The third-order valence-electron chi connectivity index (χ3n) is 12.5. The van der Waals surface area contributed by atoms with Crippen molar-refractivity contribution in [2.75, 3.05) is 51.2 Å². The monoisotopic (exact) mass is 887 g/mol. The van der Waals surface area contributed by atoms with Gasteiger partial charge in [-0.15, -0.1) is 22.7 Å². The second-order valence-corrected chi connectivity index (χ2v) is 18.3. The number of hydrogen-bond donors (Lipinski definition) is 4. The van der Waals surface area contributed by atoms with Crippen LogP contribution in [0.1, 0.15) is 56.0 Å². The quantitative estimate of drug-likeness (QED) is 0.113. The number of benzene rings is 2. The minimum absolute atomic E-state index is 0.0360. The molecule has 5 aliphatic rings. The van der Waals surface area contributed by atoms with Gasteiger partial charge in [-0.05, 0) is 96.2 Å². The number of anilines is 4. The van der Waals surface area contributed by atoms with Crippen molar-refractivity contribution in [3.05, 3.63) is 80.1 Å². The summed E-state index contributed by atoms with van der Waals surface area (Å²) in [6, 6.07) is 8.17. The Hall–Kier alpha value is -6.08. The molecule has 0 spiro atoms. The Bertz CT molecular complexity index is 2840. The minimum atomic E-state index is -0.725. The SMILES string of the molecule is COc1cc2c(cc1Nc1ncnc3sc4c(c13)CC[C@H](C(=O)N(CCO)C1COC1)C4)C=NC2.COc1cc2c(cc1Nc1ncnc3sc4c(c13)CC[C@H](C(=O)O)C4)C=NC2. The maximum Gasteiger partial charge on any atom is 0.306 e. The first-order valence-corrected chi connectivity index (χ1v) is 22.6. The molecule has 2 aliphatic carbocycles. The fourth-order valence-corrected chi connectivity index (χ4v) is 11.6. The fraction of sp³-hybridized carbons (Fsp3) is 0.378. The lowest BCUT2D eigenvalue weighted by Gasteiger charge is -2.39. The molecule has 0 saturated carbocycles. The summed E-state index contributed by atoms with van der Waals surface area (Å²) in [6.45, 7) is 2.77. The minimum Gasteiger partial charge on any atom is -0.495 e. The topological polar surface area (TPSA) is 206 Å². The number of aromatic nitrogens is 4. The molecule has 18 heteroatoms. The molecule has 1 fully saturated rings. The number of rotatable bonds is 11. The molecule has 4 aromatic heterocycles. The molecule has 11 rings (SSSR count). The molecular formula is C45H45N9O7S2. The van der Waals surface area contributed by atoms with Gasteiger partial charge >= 0.3 is 5.97 Å². The highest BCUT2D eigenvalue weighted by Crippen LogP contribution is 2.44. The predicted octanol–water partition coefficient (Wildman–Crippen LogP) is 6.27. The van der Waals surface area contributed by atoms with Crippen LogP contribution in [0.2, 0.25) is 0 Å².